The van der Waals surface area contributed by atoms with Gasteiger partial charge in [-0.05, 0) is 6.07 Å². The van der Waals surface area contributed by atoms with Gasteiger partial charge in [0.25, 0.3) is 5.69 Å². The lowest BCUT2D eigenvalue weighted by molar-refractivity contribution is -0.384. The topological polar surface area (TPSA) is 80.5 Å². The van der Waals surface area contributed by atoms with E-state index in [-0.39, 0.29) is 40.5 Å². The van der Waals surface area contributed by atoms with Gasteiger partial charge in [0.2, 0.25) is 10.0 Å². The largest absolute Gasteiger partial charge is 0.271 e. The molecular weight excluding hydrogens is 351 g/mol. The Labute approximate surface area is 131 Å². The molecule has 0 atom stereocenters. The highest BCUT2D eigenvalue weighted by Crippen LogP contribution is 2.28. The molecule has 20 heavy (non-hydrogen) atoms. The van der Waals surface area contributed by atoms with Gasteiger partial charge in [0.05, 0.1) is 9.95 Å². The molecular formula is C10H11Cl3N2O4S. The number of rotatable bonds is 7. The van der Waals surface area contributed by atoms with Gasteiger partial charge in [-0.25, -0.2) is 8.42 Å². The van der Waals surface area contributed by atoms with Crippen LogP contribution in [0.2, 0.25) is 5.02 Å². The molecule has 0 fully saturated rings. The first kappa shape index (κ1) is 17.5. The molecule has 1 aromatic carbocycles. The van der Waals surface area contributed by atoms with E-state index in [9.17, 15) is 18.5 Å². The molecule has 0 aromatic heterocycles. The summed E-state index contributed by atoms with van der Waals surface area (Å²) in [7, 11) is -3.89. The molecule has 0 heterocycles. The SMILES string of the molecule is O=[N+]([O-])c1ccc(S(=O)(=O)N(CCCl)CCCl)c(Cl)c1. The number of alkyl halides is 2. The third-order valence-corrected chi connectivity index (χ3v) is 5.13. The van der Waals surface area contributed by atoms with Crippen LogP contribution in [0.4, 0.5) is 5.69 Å². The second kappa shape index (κ2) is 7.42. The van der Waals surface area contributed by atoms with E-state index in [1.165, 1.54) is 0 Å². The molecule has 10 heteroatoms. The van der Waals surface area contributed by atoms with Crippen LogP contribution in [0.5, 0.6) is 0 Å². The molecule has 0 bridgehead atoms. The van der Waals surface area contributed by atoms with E-state index in [0.717, 1.165) is 22.5 Å². The Morgan fingerprint density at radius 1 is 1.20 bits per heavy atom. The van der Waals surface area contributed by atoms with E-state index < -0.39 is 14.9 Å². The fourth-order valence-electron chi connectivity index (χ4n) is 1.49. The van der Waals surface area contributed by atoms with Crippen molar-refractivity contribution in [2.45, 2.75) is 4.90 Å². The predicted octanol–water partition coefficient (Wildman–Crippen LogP) is 2.72. The molecule has 0 saturated carbocycles. The summed E-state index contributed by atoms with van der Waals surface area (Å²) in [5.41, 5.74) is -0.282. The van der Waals surface area contributed by atoms with Gasteiger partial charge >= 0.3 is 0 Å². The highest BCUT2D eigenvalue weighted by Gasteiger charge is 2.27. The van der Waals surface area contributed by atoms with Crippen molar-refractivity contribution in [1.82, 2.24) is 4.31 Å². The summed E-state index contributed by atoms with van der Waals surface area (Å²) in [4.78, 5) is 9.74. The molecule has 1 aromatic rings. The van der Waals surface area contributed by atoms with Crippen LogP contribution in [0, 0.1) is 10.1 Å². The Morgan fingerprint density at radius 3 is 2.15 bits per heavy atom. The third kappa shape index (κ3) is 3.95. The molecule has 1 rings (SSSR count). The first-order chi connectivity index (χ1) is 9.34. The maximum absolute atomic E-state index is 12.4. The van der Waals surface area contributed by atoms with E-state index in [4.69, 9.17) is 34.8 Å². The Bertz CT molecular complexity index is 588. The number of hydrogen-bond donors (Lipinski definition) is 0. The summed E-state index contributed by atoms with van der Waals surface area (Å²) in [5, 5.41) is 10.4. The normalized spacial score (nSPS) is 11.8. The fraction of sp³-hybridized carbons (Fsp3) is 0.400. The Morgan fingerprint density at radius 2 is 1.75 bits per heavy atom. The molecule has 0 spiro atoms. The fourth-order valence-corrected chi connectivity index (χ4v) is 4.05. The molecule has 0 saturated heterocycles. The molecule has 0 unspecified atom stereocenters. The predicted molar refractivity (Wildman–Crippen MR) is 78.3 cm³/mol. The summed E-state index contributed by atoms with van der Waals surface area (Å²) < 4.78 is 25.8. The van der Waals surface area contributed by atoms with E-state index in [2.05, 4.69) is 0 Å². The standard InChI is InChI=1S/C10H11Cl3N2O4S/c11-3-5-14(6-4-12)20(18,19)10-2-1-8(15(16)17)7-9(10)13/h1-2,7H,3-6H2. The lowest BCUT2D eigenvalue weighted by Gasteiger charge is -2.20. The minimum Gasteiger partial charge on any atom is -0.258 e. The monoisotopic (exact) mass is 360 g/mol. The van der Waals surface area contributed by atoms with Crippen molar-refractivity contribution >= 4 is 50.5 Å². The minimum absolute atomic E-state index is 0.0733. The average Bonchev–Trinajstić information content (AvgIpc) is 2.37. The van der Waals surface area contributed by atoms with Gasteiger partial charge < -0.3 is 0 Å². The molecule has 0 aliphatic heterocycles. The smallest absolute Gasteiger partial charge is 0.258 e. The van der Waals surface area contributed by atoms with Crippen molar-refractivity contribution in [1.29, 1.82) is 0 Å². The van der Waals surface area contributed by atoms with Crippen LogP contribution >= 0.6 is 34.8 Å². The number of benzene rings is 1. The zero-order valence-electron chi connectivity index (χ0n) is 10.1. The van der Waals surface area contributed by atoms with Gasteiger partial charge in [-0.3, -0.25) is 10.1 Å². The van der Waals surface area contributed by atoms with Gasteiger partial charge in [0, 0.05) is 37.0 Å². The number of hydrogen-bond acceptors (Lipinski definition) is 4. The van der Waals surface area contributed by atoms with Gasteiger partial charge in [0.1, 0.15) is 4.90 Å². The van der Waals surface area contributed by atoms with Crippen LogP contribution in [0.1, 0.15) is 0 Å². The highest BCUT2D eigenvalue weighted by molar-refractivity contribution is 7.89. The van der Waals surface area contributed by atoms with Crippen LogP contribution in [0.25, 0.3) is 0 Å². The summed E-state index contributed by atoms with van der Waals surface area (Å²) in [5.74, 6) is 0.196. The average molecular weight is 362 g/mol. The molecule has 0 N–H and O–H groups in total. The third-order valence-electron chi connectivity index (χ3n) is 2.41. The summed E-state index contributed by atoms with van der Waals surface area (Å²) in [6, 6.07) is 3.18. The second-order valence-corrected chi connectivity index (χ2v) is 6.72. The summed E-state index contributed by atoms with van der Waals surface area (Å²) in [6.07, 6.45) is 0. The van der Waals surface area contributed by atoms with Crippen molar-refractivity contribution in [3.63, 3.8) is 0 Å². The molecule has 112 valence electrons. The van der Waals surface area contributed by atoms with Crippen molar-refractivity contribution in [3.8, 4) is 0 Å². The first-order valence-corrected chi connectivity index (χ1v) is 8.29. The molecule has 0 aliphatic carbocycles. The van der Waals surface area contributed by atoms with Gasteiger partial charge in [-0.1, -0.05) is 11.6 Å². The maximum Gasteiger partial charge on any atom is 0.271 e. The number of halogens is 3. The van der Waals surface area contributed by atoms with Crippen LogP contribution in [0.3, 0.4) is 0 Å². The zero-order chi connectivity index (χ0) is 15.3. The van der Waals surface area contributed by atoms with E-state index in [1.54, 1.807) is 0 Å². The molecule has 6 nitrogen and oxygen atoms in total. The quantitative estimate of drug-likeness (QED) is 0.425. The first-order valence-electron chi connectivity index (χ1n) is 5.40. The van der Waals surface area contributed by atoms with E-state index >= 15 is 0 Å². The maximum atomic E-state index is 12.4. The van der Waals surface area contributed by atoms with Gasteiger partial charge in [0.15, 0.2) is 0 Å². The van der Waals surface area contributed by atoms with Crippen LogP contribution in [-0.2, 0) is 10.0 Å². The van der Waals surface area contributed by atoms with Gasteiger partial charge in [-0.2, -0.15) is 4.31 Å². The number of non-ortho nitro benzene ring substituents is 1. The lowest BCUT2D eigenvalue weighted by Crippen LogP contribution is -2.34. The van der Waals surface area contributed by atoms with Crippen molar-refractivity contribution in [2.24, 2.45) is 0 Å². The minimum atomic E-state index is -3.89. The van der Waals surface area contributed by atoms with E-state index in [0.29, 0.717) is 0 Å². The molecule has 0 aliphatic rings. The van der Waals surface area contributed by atoms with Gasteiger partial charge in [-0.15, -0.1) is 23.2 Å². The van der Waals surface area contributed by atoms with E-state index in [1.807, 2.05) is 0 Å². The number of nitro groups is 1. The van der Waals surface area contributed by atoms with Crippen molar-refractivity contribution < 1.29 is 13.3 Å². The number of nitrogens with zero attached hydrogens (tertiary/aromatic N) is 2. The highest BCUT2D eigenvalue weighted by atomic mass is 35.5. The van der Waals surface area contributed by atoms with Crippen LogP contribution < -0.4 is 0 Å². The number of sulfonamides is 1. The Hall–Kier alpha value is -0.600. The summed E-state index contributed by atoms with van der Waals surface area (Å²) >= 11 is 16.9. The molecule has 0 amide bonds. The Balaban J connectivity index is 3.23. The second-order valence-electron chi connectivity index (χ2n) is 3.65. The van der Waals surface area contributed by atoms with Crippen molar-refractivity contribution in [2.75, 3.05) is 24.8 Å². The zero-order valence-corrected chi connectivity index (χ0v) is 13.2. The van der Waals surface area contributed by atoms with Crippen molar-refractivity contribution in [3.05, 3.63) is 33.3 Å². The Kier molecular flexibility index (Phi) is 6.47. The number of nitro benzene ring substituents is 1. The lowest BCUT2D eigenvalue weighted by atomic mass is 10.3. The van der Waals surface area contributed by atoms with Crippen LogP contribution in [-0.4, -0.2) is 42.5 Å². The van der Waals surface area contributed by atoms with Crippen LogP contribution in [0.15, 0.2) is 23.1 Å². The molecule has 0 radical (unpaired) electrons. The summed E-state index contributed by atoms with van der Waals surface area (Å²) in [6.45, 7) is 0.147.